The average molecular weight is 331 g/mol. The molecule has 0 bridgehead atoms. The van der Waals surface area contributed by atoms with Crippen LogP contribution in [0, 0.1) is 11.6 Å². The van der Waals surface area contributed by atoms with E-state index in [0.29, 0.717) is 4.47 Å². The van der Waals surface area contributed by atoms with Crippen molar-refractivity contribution in [2.45, 2.75) is 38.1 Å². The van der Waals surface area contributed by atoms with Gasteiger partial charge in [-0.15, -0.1) is 0 Å². The third-order valence-electron chi connectivity index (χ3n) is 3.45. The van der Waals surface area contributed by atoms with Gasteiger partial charge in [0.1, 0.15) is 11.6 Å². The Hall–Kier alpha value is -0.780. The molecule has 1 aromatic rings. The molecule has 19 heavy (non-hydrogen) atoms. The first-order chi connectivity index (χ1) is 9.13. The molecule has 5 heteroatoms. The third-order valence-corrected chi connectivity index (χ3v) is 3.90. The maximum Gasteiger partial charge on any atom is 0.132 e. The number of hydrazine groups is 1. The Morgan fingerprint density at radius 1 is 1.16 bits per heavy atom. The molecule has 0 spiro atoms. The van der Waals surface area contributed by atoms with E-state index in [9.17, 15) is 8.78 Å². The molecule has 0 fully saturated rings. The van der Waals surface area contributed by atoms with Crippen molar-refractivity contribution in [3.05, 3.63) is 45.5 Å². The van der Waals surface area contributed by atoms with Crippen molar-refractivity contribution in [3.8, 4) is 0 Å². The van der Waals surface area contributed by atoms with E-state index in [1.165, 1.54) is 12.1 Å². The highest BCUT2D eigenvalue weighted by atomic mass is 79.9. The monoisotopic (exact) mass is 330 g/mol. The summed E-state index contributed by atoms with van der Waals surface area (Å²) >= 11 is 3.08. The summed E-state index contributed by atoms with van der Waals surface area (Å²) in [5, 5.41) is 0. The molecule has 1 unspecified atom stereocenters. The molecular formula is C14H17BrF2N2. The molecule has 3 N–H and O–H groups in total. The molecule has 0 amide bonds. The van der Waals surface area contributed by atoms with E-state index in [2.05, 4.69) is 27.4 Å². The largest absolute Gasteiger partial charge is 0.271 e. The zero-order chi connectivity index (χ0) is 13.8. The van der Waals surface area contributed by atoms with E-state index in [-0.39, 0.29) is 5.56 Å². The molecule has 0 saturated carbocycles. The average Bonchev–Trinajstić information content (AvgIpc) is 2.62. The lowest BCUT2D eigenvalue weighted by Crippen LogP contribution is -2.31. The van der Waals surface area contributed by atoms with Gasteiger partial charge in [-0.25, -0.2) is 14.2 Å². The lowest BCUT2D eigenvalue weighted by Gasteiger charge is -2.21. The number of hydrogen-bond acceptors (Lipinski definition) is 2. The molecule has 1 aliphatic rings. The minimum absolute atomic E-state index is 0.00106. The van der Waals surface area contributed by atoms with Gasteiger partial charge in [0.25, 0.3) is 0 Å². The van der Waals surface area contributed by atoms with Crippen molar-refractivity contribution in [3.63, 3.8) is 0 Å². The maximum atomic E-state index is 14.0. The highest BCUT2D eigenvalue weighted by Gasteiger charge is 2.23. The van der Waals surface area contributed by atoms with Gasteiger partial charge < -0.3 is 0 Å². The molecule has 104 valence electrons. The van der Waals surface area contributed by atoms with Gasteiger partial charge in [0.2, 0.25) is 0 Å². The van der Waals surface area contributed by atoms with E-state index >= 15 is 0 Å². The molecule has 1 aromatic carbocycles. The summed E-state index contributed by atoms with van der Waals surface area (Å²) in [4.78, 5) is 0. The second-order valence-corrected chi connectivity index (χ2v) is 5.68. The third kappa shape index (κ3) is 3.41. The first kappa shape index (κ1) is 14.6. The van der Waals surface area contributed by atoms with Gasteiger partial charge in [-0.3, -0.25) is 5.84 Å². The highest BCUT2D eigenvalue weighted by molar-refractivity contribution is 9.10. The first-order valence-corrected chi connectivity index (χ1v) is 7.22. The van der Waals surface area contributed by atoms with Gasteiger partial charge in [-0.2, -0.15) is 0 Å². The Morgan fingerprint density at radius 2 is 1.84 bits per heavy atom. The van der Waals surface area contributed by atoms with Crippen molar-refractivity contribution in [2.24, 2.45) is 5.84 Å². The van der Waals surface area contributed by atoms with Crippen molar-refractivity contribution >= 4 is 15.9 Å². The summed E-state index contributed by atoms with van der Waals surface area (Å²) in [6.07, 6.45) is 7.11. The summed E-state index contributed by atoms with van der Waals surface area (Å²) in [5.41, 5.74) is 3.52. The van der Waals surface area contributed by atoms with Crippen LogP contribution in [0.2, 0.25) is 0 Å². The van der Waals surface area contributed by atoms with E-state index in [1.807, 2.05) is 0 Å². The molecule has 0 saturated heterocycles. The van der Waals surface area contributed by atoms with Gasteiger partial charge in [0.05, 0.1) is 6.04 Å². The quantitative estimate of drug-likeness (QED) is 0.497. The van der Waals surface area contributed by atoms with Gasteiger partial charge in [-0.05, 0) is 37.8 Å². The van der Waals surface area contributed by atoms with Crippen LogP contribution in [0.5, 0.6) is 0 Å². The molecule has 2 rings (SSSR count). The van der Waals surface area contributed by atoms with Crippen molar-refractivity contribution in [1.29, 1.82) is 0 Å². The van der Waals surface area contributed by atoms with Crippen LogP contribution in [0.15, 0.2) is 28.3 Å². The number of nitrogens with one attached hydrogen (secondary N) is 1. The fourth-order valence-electron chi connectivity index (χ4n) is 2.51. The summed E-state index contributed by atoms with van der Waals surface area (Å²) in [5.74, 6) is 4.36. The van der Waals surface area contributed by atoms with Crippen LogP contribution in [-0.4, -0.2) is 0 Å². The Kier molecular flexibility index (Phi) is 5.07. The summed E-state index contributed by atoms with van der Waals surface area (Å²) in [6.45, 7) is 0. The second kappa shape index (κ2) is 6.59. The number of rotatable bonds is 3. The Bertz CT molecular complexity index is 465. The van der Waals surface area contributed by atoms with Crippen LogP contribution in [0.1, 0.15) is 43.7 Å². The molecule has 0 radical (unpaired) electrons. The molecule has 1 atom stereocenters. The minimum atomic E-state index is -0.591. The van der Waals surface area contributed by atoms with Crippen LogP contribution in [-0.2, 0) is 0 Å². The predicted molar refractivity (Wildman–Crippen MR) is 75.3 cm³/mol. The van der Waals surface area contributed by atoms with Crippen LogP contribution in [0.25, 0.3) is 0 Å². The van der Waals surface area contributed by atoms with Crippen molar-refractivity contribution < 1.29 is 8.78 Å². The van der Waals surface area contributed by atoms with E-state index in [1.54, 1.807) is 0 Å². The van der Waals surface area contributed by atoms with Crippen LogP contribution in [0.3, 0.4) is 0 Å². The van der Waals surface area contributed by atoms with Gasteiger partial charge >= 0.3 is 0 Å². The van der Waals surface area contributed by atoms with E-state index in [4.69, 9.17) is 5.84 Å². The first-order valence-electron chi connectivity index (χ1n) is 6.43. The molecular weight excluding hydrogens is 314 g/mol. The highest BCUT2D eigenvalue weighted by Crippen LogP contribution is 2.32. The summed E-state index contributed by atoms with van der Waals surface area (Å²) in [7, 11) is 0. The van der Waals surface area contributed by atoms with E-state index in [0.717, 1.165) is 37.7 Å². The number of allylic oxidation sites excluding steroid dienone is 1. The van der Waals surface area contributed by atoms with Crippen LogP contribution >= 0.6 is 15.9 Å². The Morgan fingerprint density at radius 3 is 2.47 bits per heavy atom. The number of benzene rings is 1. The Labute approximate surface area is 120 Å². The normalized spacial score (nSPS) is 17.8. The van der Waals surface area contributed by atoms with Crippen LogP contribution < -0.4 is 11.3 Å². The maximum absolute atomic E-state index is 14.0. The van der Waals surface area contributed by atoms with Crippen LogP contribution in [0.4, 0.5) is 8.78 Å². The zero-order valence-electron chi connectivity index (χ0n) is 10.6. The van der Waals surface area contributed by atoms with Crippen molar-refractivity contribution in [2.75, 3.05) is 0 Å². The smallest absolute Gasteiger partial charge is 0.132 e. The van der Waals surface area contributed by atoms with Gasteiger partial charge in [0.15, 0.2) is 0 Å². The lowest BCUT2D eigenvalue weighted by molar-refractivity contribution is 0.497. The SMILES string of the molecule is NNC(C1=CCCCCC1)c1c(F)cc(Br)cc1F. The number of halogens is 3. The number of nitrogens with two attached hydrogens (primary N) is 1. The molecule has 0 aromatic heterocycles. The summed E-state index contributed by atoms with van der Waals surface area (Å²) in [6, 6.07) is 1.94. The standard InChI is InChI=1S/C14H17BrF2N2/c15-10-7-11(16)13(12(17)8-10)14(19-18)9-5-3-1-2-4-6-9/h5,7-8,14,19H,1-4,6,18H2. The van der Waals surface area contributed by atoms with Crippen molar-refractivity contribution in [1.82, 2.24) is 5.43 Å². The lowest BCUT2D eigenvalue weighted by atomic mass is 9.95. The molecule has 0 heterocycles. The zero-order valence-corrected chi connectivity index (χ0v) is 12.1. The Balaban J connectivity index is 2.39. The van der Waals surface area contributed by atoms with E-state index < -0.39 is 17.7 Å². The topological polar surface area (TPSA) is 38.0 Å². The number of hydrogen-bond donors (Lipinski definition) is 2. The molecule has 1 aliphatic carbocycles. The second-order valence-electron chi connectivity index (χ2n) is 4.76. The summed E-state index contributed by atoms with van der Waals surface area (Å²) < 4.78 is 28.4. The fourth-order valence-corrected chi connectivity index (χ4v) is 2.91. The fraction of sp³-hybridized carbons (Fsp3) is 0.429. The molecule has 0 aliphatic heterocycles. The predicted octanol–water partition coefficient (Wildman–Crippen LogP) is 4.12. The van der Waals surface area contributed by atoms with Gasteiger partial charge in [0, 0.05) is 10.0 Å². The van der Waals surface area contributed by atoms with Gasteiger partial charge in [-0.1, -0.05) is 34.0 Å². The molecule has 2 nitrogen and oxygen atoms in total. The minimum Gasteiger partial charge on any atom is -0.271 e.